The lowest BCUT2D eigenvalue weighted by atomic mass is 9.52. The maximum atomic E-state index is 13.2. The zero-order valence-electron chi connectivity index (χ0n) is 35.2. The van der Waals surface area contributed by atoms with E-state index in [1.54, 1.807) is 34.5 Å². The van der Waals surface area contributed by atoms with Gasteiger partial charge in [-0.25, -0.2) is 0 Å². The quantitative estimate of drug-likeness (QED) is 0.119. The van der Waals surface area contributed by atoms with E-state index in [0.29, 0.717) is 37.0 Å². The lowest BCUT2D eigenvalue weighted by molar-refractivity contribution is -0.290. The van der Waals surface area contributed by atoms with Gasteiger partial charge in [0.15, 0.2) is 17.0 Å². The summed E-state index contributed by atoms with van der Waals surface area (Å²) in [6.45, 7) is 2.29. The molecule has 322 valence electrons. The van der Waals surface area contributed by atoms with Gasteiger partial charge in [-0.15, -0.1) is 0 Å². The molecule has 13 heteroatoms. The first-order valence-electron chi connectivity index (χ1n) is 20.0. The van der Waals surface area contributed by atoms with Crippen molar-refractivity contribution in [1.29, 1.82) is 0 Å². The number of hydrogen-bond donors (Lipinski definition) is 1. The average molecular weight is 860 g/mol. The van der Waals surface area contributed by atoms with Gasteiger partial charge in [0.25, 0.3) is 0 Å². The van der Waals surface area contributed by atoms with Crippen LogP contribution in [0.25, 0.3) is 0 Å². The summed E-state index contributed by atoms with van der Waals surface area (Å²) in [6.07, 6.45) is 1.46. The van der Waals surface area contributed by atoms with Gasteiger partial charge in [-0.3, -0.25) is 9.69 Å². The first-order valence-corrected chi connectivity index (χ1v) is 21.7. The zero-order valence-corrected chi connectivity index (χ0v) is 36.9. The van der Waals surface area contributed by atoms with E-state index in [0.717, 1.165) is 22.4 Å². The van der Waals surface area contributed by atoms with E-state index in [-0.39, 0.29) is 19.6 Å². The molecule has 1 aliphatic heterocycles. The molecule has 1 heterocycles. The Bertz CT molecular complexity index is 1960. The maximum Gasteiger partial charge on any atom is 0.220 e. The standard InChI is InChI=1S/C47H57NO10S2/c1-51-32-45-30-48(27-33-19-21-36(52-2)22-20-33)31-47(58-44(59)60-6,41(54-4)26-40(45)57-29-35-16-11-8-12-17-35)42(45)37(53-3)23-24-38(56-28-34-14-9-7-10-15-34)43(55-5)46(50)25-13-18-39(46)49/h7-22,37-38,40-43,50H,25-32H2,1-6H3/t37?,38-,40?,41?,42?,43+,45?,46-,47?/m1/s1. The van der Waals surface area contributed by atoms with Crippen molar-refractivity contribution in [3.8, 4) is 17.6 Å². The van der Waals surface area contributed by atoms with Crippen molar-refractivity contribution < 1.29 is 47.8 Å². The van der Waals surface area contributed by atoms with Crippen LogP contribution in [-0.4, -0.2) is 123 Å². The third kappa shape index (κ3) is 9.85. The number of piperidine rings is 1. The highest BCUT2D eigenvalue weighted by molar-refractivity contribution is 8.22. The molecule has 60 heavy (non-hydrogen) atoms. The third-order valence-electron chi connectivity index (χ3n) is 12.1. The number of benzene rings is 3. The molecule has 0 aromatic heterocycles. The summed E-state index contributed by atoms with van der Waals surface area (Å²) in [5, 5.41) is 11.8. The summed E-state index contributed by atoms with van der Waals surface area (Å²) in [5.74, 6) is 6.49. The van der Waals surface area contributed by atoms with Crippen molar-refractivity contribution in [2.45, 2.75) is 74.3 Å². The molecule has 9 atom stereocenters. The molecule has 6 rings (SSSR count). The molecule has 2 fully saturated rings. The van der Waals surface area contributed by atoms with Gasteiger partial charge >= 0.3 is 0 Å². The summed E-state index contributed by atoms with van der Waals surface area (Å²) in [5.41, 5.74) is -0.803. The number of carbonyl (C=O) groups is 1. The molecule has 2 aliphatic carbocycles. The summed E-state index contributed by atoms with van der Waals surface area (Å²) < 4.78 is 51.4. The fourth-order valence-electron chi connectivity index (χ4n) is 9.38. The average Bonchev–Trinajstić information content (AvgIpc) is 3.61. The van der Waals surface area contributed by atoms with Gasteiger partial charge in [0, 0.05) is 66.3 Å². The molecule has 3 aliphatic rings. The van der Waals surface area contributed by atoms with Gasteiger partial charge in [0.05, 0.1) is 39.0 Å². The molecule has 11 nitrogen and oxygen atoms in total. The van der Waals surface area contributed by atoms with Gasteiger partial charge in [0.1, 0.15) is 30.2 Å². The second-order valence-corrected chi connectivity index (χ2v) is 17.0. The molecule has 0 radical (unpaired) electrons. The second kappa shape index (κ2) is 20.9. The van der Waals surface area contributed by atoms with Crippen LogP contribution in [0.2, 0.25) is 0 Å². The Hall–Kier alpha value is -3.65. The predicted octanol–water partition coefficient (Wildman–Crippen LogP) is 6.05. The van der Waals surface area contributed by atoms with Crippen LogP contribution in [0, 0.1) is 23.2 Å². The Morgan fingerprint density at radius 1 is 0.883 bits per heavy atom. The fourth-order valence-corrected chi connectivity index (χ4v) is 9.77. The summed E-state index contributed by atoms with van der Waals surface area (Å²) in [6, 6.07) is 27.7. The van der Waals surface area contributed by atoms with Crippen LogP contribution in [0.1, 0.15) is 29.5 Å². The molecule has 2 bridgehead atoms. The number of aliphatic hydroxyl groups is 1. The number of thioether (sulfide) groups is 1. The van der Waals surface area contributed by atoms with Crippen molar-refractivity contribution >= 4 is 34.1 Å². The predicted molar refractivity (Wildman–Crippen MR) is 235 cm³/mol. The lowest BCUT2D eigenvalue weighted by Crippen LogP contribution is -2.78. The van der Waals surface area contributed by atoms with E-state index >= 15 is 0 Å². The highest BCUT2D eigenvalue weighted by Gasteiger charge is 2.70. The van der Waals surface area contributed by atoms with Crippen LogP contribution < -0.4 is 4.74 Å². The lowest BCUT2D eigenvalue weighted by Gasteiger charge is -2.65. The molecule has 1 saturated carbocycles. The number of ketones is 1. The second-order valence-electron chi connectivity index (χ2n) is 15.6. The molecule has 3 aromatic carbocycles. The van der Waals surface area contributed by atoms with E-state index in [1.807, 2.05) is 79.1 Å². The molecule has 0 spiro atoms. The highest BCUT2D eigenvalue weighted by Crippen LogP contribution is 2.57. The van der Waals surface area contributed by atoms with Crippen molar-refractivity contribution in [2.75, 3.05) is 61.5 Å². The number of ether oxygens (including phenoxy) is 8. The van der Waals surface area contributed by atoms with Crippen LogP contribution >= 0.6 is 24.0 Å². The van der Waals surface area contributed by atoms with Gasteiger partial charge in [0.2, 0.25) is 4.38 Å². The highest BCUT2D eigenvalue weighted by atomic mass is 32.2. The first kappa shape index (κ1) is 45.9. The SMILES string of the molecule is COCC12CN(Cc3ccc(OC)cc3)CC(OC(=S)SC)(C(OC)CC1OCc1ccccc1)C2C(C#C[C@@H](OCc1ccccc1)[C@H](OC)[C@@]1(O)CC=CC1=O)OC. The van der Waals surface area contributed by atoms with Crippen LogP contribution in [0.15, 0.2) is 97.1 Å². The van der Waals surface area contributed by atoms with Crippen molar-refractivity contribution in [3.63, 3.8) is 0 Å². The Labute approximate surface area is 364 Å². The van der Waals surface area contributed by atoms with Crippen LogP contribution in [0.5, 0.6) is 5.75 Å². The van der Waals surface area contributed by atoms with E-state index < -0.39 is 58.8 Å². The van der Waals surface area contributed by atoms with Crippen molar-refractivity contribution in [2.24, 2.45) is 11.3 Å². The third-order valence-corrected chi connectivity index (χ3v) is 13.1. The zero-order chi connectivity index (χ0) is 42.8. The van der Waals surface area contributed by atoms with Gasteiger partial charge in [-0.05, 0) is 53.4 Å². The number of methoxy groups -OCH3 is 5. The summed E-state index contributed by atoms with van der Waals surface area (Å²) in [4.78, 5) is 15.5. The minimum absolute atomic E-state index is 0.0631. The number of carbonyl (C=O) groups excluding carboxylic acids is 1. The molecular formula is C47H57NO10S2. The largest absolute Gasteiger partial charge is 0.497 e. The Morgan fingerprint density at radius 3 is 2.13 bits per heavy atom. The van der Waals surface area contributed by atoms with E-state index in [9.17, 15) is 9.90 Å². The fraction of sp³-hybridized carbons (Fsp3) is 0.489. The summed E-state index contributed by atoms with van der Waals surface area (Å²) in [7, 11) is 8.10. The molecule has 6 unspecified atom stereocenters. The minimum Gasteiger partial charge on any atom is -0.497 e. The number of likely N-dealkylation sites (tertiary alicyclic amines) is 1. The monoisotopic (exact) mass is 859 g/mol. The maximum absolute atomic E-state index is 13.2. The molecule has 1 N–H and O–H groups in total. The summed E-state index contributed by atoms with van der Waals surface area (Å²) >= 11 is 7.23. The number of thiocarbonyl (C=S) groups is 1. The smallest absolute Gasteiger partial charge is 0.220 e. The van der Waals surface area contributed by atoms with E-state index in [4.69, 9.17) is 50.1 Å². The van der Waals surface area contributed by atoms with E-state index in [2.05, 4.69) is 28.9 Å². The molecule has 3 aromatic rings. The minimum atomic E-state index is -1.87. The normalized spacial score (nSPS) is 27.7. The molecule has 0 amide bonds. The molecule has 1 saturated heterocycles. The number of nitrogens with zero attached hydrogens (tertiary/aromatic N) is 1. The van der Waals surface area contributed by atoms with Gasteiger partial charge < -0.3 is 43.0 Å². The van der Waals surface area contributed by atoms with Crippen LogP contribution in [-0.2, 0) is 57.7 Å². The molecular weight excluding hydrogens is 803 g/mol. The first-order chi connectivity index (χ1) is 29.1. The number of rotatable bonds is 18. The van der Waals surface area contributed by atoms with Gasteiger partial charge in [-0.2, -0.15) is 0 Å². The number of hydrogen-bond acceptors (Lipinski definition) is 13. The van der Waals surface area contributed by atoms with Crippen LogP contribution in [0.3, 0.4) is 0 Å². The van der Waals surface area contributed by atoms with Crippen molar-refractivity contribution in [3.05, 3.63) is 114 Å². The van der Waals surface area contributed by atoms with Crippen molar-refractivity contribution in [1.82, 2.24) is 4.90 Å². The number of fused-ring (bicyclic) bond motifs is 2. The van der Waals surface area contributed by atoms with Crippen LogP contribution in [0.4, 0.5) is 0 Å². The Morgan fingerprint density at radius 2 is 1.57 bits per heavy atom. The van der Waals surface area contributed by atoms with Gasteiger partial charge in [-0.1, -0.05) is 102 Å². The van der Waals surface area contributed by atoms with E-state index in [1.165, 1.54) is 24.9 Å². The Balaban J connectivity index is 1.49. The topological polar surface area (TPSA) is 114 Å². The Kier molecular flexibility index (Phi) is 16.0.